The Morgan fingerprint density at radius 3 is 2.29 bits per heavy atom. The molecule has 4 aromatic rings. The molecule has 7 nitrogen and oxygen atoms in total. The van der Waals surface area contributed by atoms with E-state index in [1.807, 2.05) is 48.5 Å². The first-order valence-electron chi connectivity index (χ1n) is 12.6. The van der Waals surface area contributed by atoms with E-state index in [1.54, 1.807) is 36.7 Å². The van der Waals surface area contributed by atoms with Gasteiger partial charge in [0.15, 0.2) is 0 Å². The van der Waals surface area contributed by atoms with Gasteiger partial charge in [-0.2, -0.15) is 0 Å². The molecule has 2 N–H and O–H groups in total. The maximum atomic E-state index is 13.5. The molecule has 0 aliphatic carbocycles. The van der Waals surface area contributed by atoms with Gasteiger partial charge in [-0.05, 0) is 60.7 Å². The fourth-order valence-electron chi connectivity index (χ4n) is 4.51. The van der Waals surface area contributed by atoms with Crippen molar-refractivity contribution < 1.29 is 9.59 Å². The molecule has 2 heterocycles. The zero-order valence-electron chi connectivity index (χ0n) is 20.9. The van der Waals surface area contributed by atoms with Gasteiger partial charge >= 0.3 is 0 Å². The molecular formula is C30H28ClN5O2. The van der Waals surface area contributed by atoms with Gasteiger partial charge in [0.25, 0.3) is 11.8 Å². The average molecular weight is 526 g/mol. The highest BCUT2D eigenvalue weighted by Crippen LogP contribution is 2.27. The molecule has 2 amide bonds. The topological polar surface area (TPSA) is 87.2 Å². The van der Waals surface area contributed by atoms with Crippen molar-refractivity contribution in [3.05, 3.63) is 102 Å². The first-order chi connectivity index (χ1) is 18.6. The van der Waals surface area contributed by atoms with E-state index < -0.39 is 5.91 Å². The number of halogens is 1. The van der Waals surface area contributed by atoms with Gasteiger partial charge in [0.05, 0.1) is 11.3 Å². The van der Waals surface area contributed by atoms with Gasteiger partial charge in [-0.25, -0.2) is 9.97 Å². The van der Waals surface area contributed by atoms with Gasteiger partial charge in [0.2, 0.25) is 5.95 Å². The van der Waals surface area contributed by atoms with Crippen molar-refractivity contribution in [2.45, 2.75) is 25.1 Å². The number of nitrogens with one attached hydrogen (secondary N) is 2. The van der Waals surface area contributed by atoms with Crippen LogP contribution in [0.5, 0.6) is 0 Å². The van der Waals surface area contributed by atoms with Gasteiger partial charge in [-0.1, -0.05) is 42.5 Å². The fourth-order valence-corrected chi connectivity index (χ4v) is 4.68. The summed E-state index contributed by atoms with van der Waals surface area (Å²) < 4.78 is 0. The van der Waals surface area contributed by atoms with Crippen LogP contribution in [0.25, 0.3) is 11.1 Å². The number of nitrogens with zero attached hydrogens (tertiary/aromatic N) is 3. The molecule has 0 unspecified atom stereocenters. The Hall–Kier alpha value is -4.23. The number of hydrogen-bond donors (Lipinski definition) is 2. The summed E-state index contributed by atoms with van der Waals surface area (Å²) in [5.41, 5.74) is 4.84. The molecular weight excluding hydrogens is 498 g/mol. The monoisotopic (exact) mass is 525 g/mol. The van der Waals surface area contributed by atoms with E-state index in [0.29, 0.717) is 22.7 Å². The molecule has 8 heteroatoms. The average Bonchev–Trinajstić information content (AvgIpc) is 2.98. The molecule has 1 saturated heterocycles. The summed E-state index contributed by atoms with van der Waals surface area (Å²) in [5.74, 6) is -0.228. The lowest BCUT2D eigenvalue weighted by atomic mass is 10.1. The number of benzene rings is 3. The van der Waals surface area contributed by atoms with Gasteiger partial charge in [-0.15, -0.1) is 11.6 Å². The van der Waals surface area contributed by atoms with E-state index >= 15 is 0 Å². The summed E-state index contributed by atoms with van der Waals surface area (Å²) in [7, 11) is 0. The van der Waals surface area contributed by atoms with Gasteiger partial charge in [0, 0.05) is 48.2 Å². The lowest BCUT2D eigenvalue weighted by Crippen LogP contribution is -2.29. The van der Waals surface area contributed by atoms with Crippen molar-refractivity contribution in [3.8, 4) is 11.1 Å². The normalized spacial score (nSPS) is 13.1. The molecule has 1 fully saturated rings. The summed E-state index contributed by atoms with van der Waals surface area (Å²) in [5, 5.41) is 5.69. The molecule has 0 spiro atoms. The molecule has 192 valence electrons. The van der Waals surface area contributed by atoms with Gasteiger partial charge < -0.3 is 10.2 Å². The van der Waals surface area contributed by atoms with Crippen LogP contribution in [0, 0.1) is 0 Å². The summed E-state index contributed by atoms with van der Waals surface area (Å²) in [6, 6.07) is 22.4. The van der Waals surface area contributed by atoms with Crippen molar-refractivity contribution in [2.24, 2.45) is 0 Å². The third-order valence-electron chi connectivity index (χ3n) is 6.54. The van der Waals surface area contributed by atoms with Crippen LogP contribution < -0.4 is 15.5 Å². The van der Waals surface area contributed by atoms with Gasteiger partial charge in [0.1, 0.15) is 0 Å². The van der Waals surface area contributed by atoms with Crippen LogP contribution in [0.4, 0.5) is 17.3 Å². The van der Waals surface area contributed by atoms with Crippen molar-refractivity contribution in [2.75, 3.05) is 28.6 Å². The first-order valence-corrected chi connectivity index (χ1v) is 13.2. The standard InChI is InChI=1S/C30H28ClN5O2/c31-18-21-8-7-11-23(16-21)28(37)34-27-13-12-25(36-14-5-2-6-15-36)17-26(27)29(38)35-30-32-19-24(20-33-30)22-9-3-1-4-10-22/h1,3-4,7-13,16-17,19-20H,2,5-6,14-15,18H2,(H,34,37)(H,32,33,35,38). The van der Waals surface area contributed by atoms with E-state index in [4.69, 9.17) is 11.6 Å². The number of anilines is 3. The predicted molar refractivity (Wildman–Crippen MR) is 152 cm³/mol. The molecule has 1 aliphatic heterocycles. The highest BCUT2D eigenvalue weighted by Gasteiger charge is 2.19. The van der Waals surface area contributed by atoms with Crippen LogP contribution in [0.2, 0.25) is 0 Å². The van der Waals surface area contributed by atoms with Crippen molar-refractivity contribution >= 4 is 40.7 Å². The molecule has 3 aromatic carbocycles. The number of piperidine rings is 1. The Morgan fingerprint density at radius 1 is 0.789 bits per heavy atom. The third-order valence-corrected chi connectivity index (χ3v) is 6.85. The summed E-state index contributed by atoms with van der Waals surface area (Å²) in [6.07, 6.45) is 6.77. The quantitative estimate of drug-likeness (QED) is 0.273. The predicted octanol–water partition coefficient (Wildman–Crippen LogP) is 6.38. The smallest absolute Gasteiger partial charge is 0.260 e. The molecule has 5 rings (SSSR count). The highest BCUT2D eigenvalue weighted by atomic mass is 35.5. The number of carbonyl (C=O) groups excluding carboxylic acids is 2. The lowest BCUT2D eigenvalue weighted by Gasteiger charge is -2.29. The molecule has 0 atom stereocenters. The molecule has 0 bridgehead atoms. The largest absolute Gasteiger partial charge is 0.372 e. The van der Waals surface area contributed by atoms with Crippen LogP contribution in [0.3, 0.4) is 0 Å². The fraction of sp³-hybridized carbons (Fsp3) is 0.200. The molecule has 38 heavy (non-hydrogen) atoms. The summed E-state index contributed by atoms with van der Waals surface area (Å²) >= 11 is 5.94. The molecule has 1 aliphatic rings. The maximum Gasteiger partial charge on any atom is 0.260 e. The minimum absolute atomic E-state index is 0.185. The van der Waals surface area contributed by atoms with E-state index in [-0.39, 0.29) is 11.9 Å². The van der Waals surface area contributed by atoms with Gasteiger partial charge in [-0.3, -0.25) is 14.9 Å². The first kappa shape index (κ1) is 25.4. The number of hydrogen-bond acceptors (Lipinski definition) is 5. The van der Waals surface area contributed by atoms with Crippen LogP contribution in [-0.2, 0) is 5.88 Å². The maximum absolute atomic E-state index is 13.5. The minimum atomic E-state index is -0.402. The zero-order valence-corrected chi connectivity index (χ0v) is 21.6. The van der Waals surface area contributed by atoms with E-state index in [9.17, 15) is 9.59 Å². The van der Waals surface area contributed by atoms with E-state index in [1.165, 1.54) is 6.42 Å². The minimum Gasteiger partial charge on any atom is -0.372 e. The second-order valence-corrected chi connectivity index (χ2v) is 9.45. The Labute approximate surface area is 226 Å². The zero-order chi connectivity index (χ0) is 26.3. The Balaban J connectivity index is 1.40. The van der Waals surface area contributed by atoms with Crippen LogP contribution in [0.15, 0.2) is 85.2 Å². The number of aromatic nitrogens is 2. The SMILES string of the molecule is O=C(Nc1ccc(N2CCCCC2)cc1C(=O)Nc1ncc(-c2ccccc2)cn1)c1cccc(CCl)c1. The Bertz CT molecular complexity index is 1420. The number of amides is 2. The third kappa shape index (κ3) is 6.01. The van der Waals surface area contributed by atoms with Crippen molar-refractivity contribution in [1.82, 2.24) is 9.97 Å². The van der Waals surface area contributed by atoms with Crippen molar-refractivity contribution in [3.63, 3.8) is 0 Å². The molecule has 0 radical (unpaired) electrons. The number of rotatable bonds is 7. The summed E-state index contributed by atoms with van der Waals surface area (Å²) in [6.45, 7) is 1.87. The Kier molecular flexibility index (Phi) is 7.95. The second-order valence-electron chi connectivity index (χ2n) is 9.18. The van der Waals surface area contributed by atoms with E-state index in [0.717, 1.165) is 48.3 Å². The second kappa shape index (κ2) is 11.9. The van der Waals surface area contributed by atoms with Crippen molar-refractivity contribution in [1.29, 1.82) is 0 Å². The molecule has 1 aromatic heterocycles. The number of alkyl halides is 1. The number of carbonyl (C=O) groups is 2. The van der Waals surface area contributed by atoms with Crippen LogP contribution in [0.1, 0.15) is 45.5 Å². The van der Waals surface area contributed by atoms with Crippen LogP contribution >= 0.6 is 11.6 Å². The Morgan fingerprint density at radius 2 is 1.55 bits per heavy atom. The summed E-state index contributed by atoms with van der Waals surface area (Å²) in [4.78, 5) is 37.5. The van der Waals surface area contributed by atoms with E-state index in [2.05, 4.69) is 25.5 Å². The lowest BCUT2D eigenvalue weighted by molar-refractivity contribution is 0.102. The molecule has 0 saturated carbocycles. The van der Waals surface area contributed by atoms with Crippen LogP contribution in [-0.4, -0.2) is 34.9 Å². The highest BCUT2D eigenvalue weighted by molar-refractivity contribution is 6.17.